The van der Waals surface area contributed by atoms with E-state index >= 15 is 0 Å². The van der Waals surface area contributed by atoms with Gasteiger partial charge in [-0.3, -0.25) is 19.5 Å². The van der Waals surface area contributed by atoms with Gasteiger partial charge in [0.2, 0.25) is 11.8 Å². The Kier molecular flexibility index (Phi) is 11.1. The first kappa shape index (κ1) is 31.2. The number of hydrogen-bond acceptors (Lipinski definition) is 7. The molecular formula is C30H37F3N6O3. The number of piperazine rings is 1. The Morgan fingerprint density at radius 3 is 2.71 bits per heavy atom. The van der Waals surface area contributed by atoms with Gasteiger partial charge in [0.1, 0.15) is 24.0 Å². The van der Waals surface area contributed by atoms with E-state index in [4.69, 9.17) is 4.52 Å². The van der Waals surface area contributed by atoms with Crippen molar-refractivity contribution in [1.29, 1.82) is 0 Å². The Labute approximate surface area is 243 Å². The molecule has 2 amide bonds. The van der Waals surface area contributed by atoms with Gasteiger partial charge in [-0.2, -0.15) is 13.2 Å². The molecule has 4 rings (SSSR count). The number of hydrogen-bond donors (Lipinski definition) is 3. The van der Waals surface area contributed by atoms with Gasteiger partial charge in [0.25, 0.3) is 0 Å². The minimum Gasteiger partial charge on any atom is -0.361 e. The number of alkyl halides is 3. The van der Waals surface area contributed by atoms with E-state index in [-0.39, 0.29) is 24.4 Å². The predicted octanol–water partition coefficient (Wildman–Crippen LogP) is 3.38. The second-order valence-electron chi connectivity index (χ2n) is 10.7. The molecule has 1 saturated heterocycles. The molecule has 3 N–H and O–H groups in total. The molecule has 226 valence electrons. The van der Waals surface area contributed by atoms with E-state index in [1.807, 2.05) is 65.7 Å². The Hall–Kier alpha value is -3.77. The summed E-state index contributed by atoms with van der Waals surface area (Å²) in [6.45, 7) is 2.47. The van der Waals surface area contributed by atoms with E-state index in [0.717, 1.165) is 16.8 Å². The van der Waals surface area contributed by atoms with E-state index in [9.17, 15) is 22.8 Å². The number of aromatic nitrogens is 2. The summed E-state index contributed by atoms with van der Waals surface area (Å²) in [6, 6.07) is 14.4. The zero-order valence-electron chi connectivity index (χ0n) is 23.6. The van der Waals surface area contributed by atoms with Crippen LogP contribution in [0.4, 0.5) is 13.2 Å². The van der Waals surface area contributed by atoms with Crippen LogP contribution in [0.2, 0.25) is 0 Å². The van der Waals surface area contributed by atoms with Crippen molar-refractivity contribution in [3.05, 3.63) is 72.2 Å². The second-order valence-corrected chi connectivity index (χ2v) is 10.7. The van der Waals surface area contributed by atoms with Gasteiger partial charge in [0.15, 0.2) is 0 Å². The molecule has 0 radical (unpaired) electrons. The van der Waals surface area contributed by atoms with E-state index < -0.39 is 24.7 Å². The summed E-state index contributed by atoms with van der Waals surface area (Å²) in [4.78, 5) is 32.0. The Morgan fingerprint density at radius 1 is 1.17 bits per heavy atom. The van der Waals surface area contributed by atoms with Crippen LogP contribution in [0.15, 0.2) is 65.4 Å². The summed E-state index contributed by atoms with van der Waals surface area (Å²) in [5.74, 6) is -0.444. The van der Waals surface area contributed by atoms with Crippen molar-refractivity contribution in [3.63, 3.8) is 0 Å². The predicted molar refractivity (Wildman–Crippen MR) is 151 cm³/mol. The number of pyridine rings is 1. The highest BCUT2D eigenvalue weighted by atomic mass is 19.4. The van der Waals surface area contributed by atoms with Gasteiger partial charge in [-0.1, -0.05) is 41.6 Å². The minimum absolute atomic E-state index is 0.103. The fourth-order valence-electron chi connectivity index (χ4n) is 5.12. The molecule has 0 spiro atoms. The fraction of sp³-hybridized carbons (Fsp3) is 0.467. The Morgan fingerprint density at radius 2 is 1.98 bits per heavy atom. The molecule has 1 aliphatic heterocycles. The van der Waals surface area contributed by atoms with Gasteiger partial charge in [0, 0.05) is 62.0 Å². The third kappa shape index (κ3) is 9.66. The second kappa shape index (κ2) is 14.9. The topological polar surface area (TPSA) is 112 Å². The minimum atomic E-state index is -4.47. The van der Waals surface area contributed by atoms with Crippen molar-refractivity contribution in [2.24, 2.45) is 5.92 Å². The maximum Gasteiger partial charge on any atom is 0.405 e. The lowest BCUT2D eigenvalue weighted by Crippen LogP contribution is -2.58. The maximum atomic E-state index is 13.4. The molecule has 1 aliphatic rings. The molecule has 1 aromatic carbocycles. The third-order valence-corrected chi connectivity index (χ3v) is 7.22. The quantitative estimate of drug-likeness (QED) is 0.282. The van der Waals surface area contributed by atoms with Gasteiger partial charge in [0.05, 0.1) is 0 Å². The largest absolute Gasteiger partial charge is 0.405 e. The number of nitrogens with zero attached hydrogens (tertiary/aromatic N) is 3. The van der Waals surface area contributed by atoms with Crippen molar-refractivity contribution in [1.82, 2.24) is 31.0 Å². The third-order valence-electron chi connectivity index (χ3n) is 7.22. The first-order chi connectivity index (χ1) is 20.2. The van der Waals surface area contributed by atoms with Crippen LogP contribution in [0.1, 0.15) is 31.1 Å². The number of rotatable bonds is 13. The summed E-state index contributed by atoms with van der Waals surface area (Å²) >= 11 is 0. The first-order valence-electron chi connectivity index (χ1n) is 14.2. The van der Waals surface area contributed by atoms with Crippen LogP contribution in [-0.2, 0) is 22.4 Å². The van der Waals surface area contributed by atoms with Gasteiger partial charge >= 0.3 is 6.18 Å². The van der Waals surface area contributed by atoms with Crippen molar-refractivity contribution < 1.29 is 27.3 Å². The van der Waals surface area contributed by atoms with E-state index in [0.29, 0.717) is 51.1 Å². The van der Waals surface area contributed by atoms with Crippen LogP contribution in [-0.4, -0.2) is 77.8 Å². The van der Waals surface area contributed by atoms with Crippen molar-refractivity contribution >= 4 is 11.8 Å². The first-order valence-corrected chi connectivity index (χ1v) is 14.2. The molecule has 9 nitrogen and oxygen atoms in total. The number of carbonyl (C=O) groups excluding carboxylic acids is 2. The van der Waals surface area contributed by atoms with Crippen molar-refractivity contribution in [3.8, 4) is 11.3 Å². The summed E-state index contributed by atoms with van der Waals surface area (Å²) in [7, 11) is 0. The summed E-state index contributed by atoms with van der Waals surface area (Å²) in [6.07, 6.45) is 1.04. The van der Waals surface area contributed by atoms with E-state index in [1.54, 1.807) is 12.4 Å². The Balaban J connectivity index is 1.34. The smallest absolute Gasteiger partial charge is 0.361 e. The lowest BCUT2D eigenvalue weighted by atomic mass is 9.93. The molecule has 0 aliphatic carbocycles. The fourth-order valence-corrected chi connectivity index (χ4v) is 5.12. The molecule has 0 saturated carbocycles. The van der Waals surface area contributed by atoms with E-state index in [1.165, 1.54) is 0 Å². The highest BCUT2D eigenvalue weighted by molar-refractivity contribution is 5.82. The van der Waals surface area contributed by atoms with Crippen LogP contribution in [0.25, 0.3) is 11.3 Å². The molecule has 3 aromatic rings. The van der Waals surface area contributed by atoms with Crippen LogP contribution in [0.5, 0.6) is 0 Å². The van der Waals surface area contributed by atoms with Crippen molar-refractivity contribution in [2.75, 3.05) is 32.7 Å². The number of benzene rings is 1. The van der Waals surface area contributed by atoms with E-state index in [2.05, 4.69) is 20.8 Å². The molecule has 42 heavy (non-hydrogen) atoms. The zero-order valence-corrected chi connectivity index (χ0v) is 23.6. The number of amides is 2. The van der Waals surface area contributed by atoms with Crippen LogP contribution < -0.4 is 16.0 Å². The van der Waals surface area contributed by atoms with Gasteiger partial charge in [-0.05, 0) is 44.4 Å². The number of halogens is 3. The highest BCUT2D eigenvalue weighted by Gasteiger charge is 2.33. The average Bonchev–Trinajstić information content (AvgIpc) is 3.44. The average molecular weight is 587 g/mol. The van der Waals surface area contributed by atoms with Crippen LogP contribution in [0.3, 0.4) is 0 Å². The molecule has 1 fully saturated rings. The molecule has 3 heterocycles. The molecule has 0 bridgehead atoms. The van der Waals surface area contributed by atoms with Gasteiger partial charge in [-0.15, -0.1) is 0 Å². The standard InChI is InChI=1S/C30H37F3N6O3/c1-21(15-25-17-26(38-42-25)23-8-3-2-4-9-23)37-28(40)24(16-22-7-5-11-34-18-22)10-6-13-39-14-12-35-19-27(39)29(41)36-20-30(31,32)33/h2-5,7-9,11,17-18,21,24,27,35H,6,10,12-16,19-20H2,1H3,(H,36,41)(H,37,40). The lowest BCUT2D eigenvalue weighted by Gasteiger charge is -2.35. The summed E-state index contributed by atoms with van der Waals surface area (Å²) < 4.78 is 43.4. The molecule has 3 atom stereocenters. The zero-order chi connectivity index (χ0) is 30.0. The lowest BCUT2D eigenvalue weighted by molar-refractivity contribution is -0.142. The van der Waals surface area contributed by atoms with Crippen LogP contribution >= 0.6 is 0 Å². The van der Waals surface area contributed by atoms with Crippen molar-refractivity contribution in [2.45, 2.75) is 50.9 Å². The van der Waals surface area contributed by atoms with Gasteiger partial charge < -0.3 is 20.5 Å². The summed E-state index contributed by atoms with van der Waals surface area (Å²) in [5, 5.41) is 12.3. The molecule has 2 aromatic heterocycles. The number of nitrogens with one attached hydrogen (secondary N) is 3. The molecular weight excluding hydrogens is 549 g/mol. The molecule has 3 unspecified atom stereocenters. The number of carbonyl (C=O) groups is 2. The highest BCUT2D eigenvalue weighted by Crippen LogP contribution is 2.20. The SMILES string of the molecule is CC(Cc1cc(-c2ccccc2)no1)NC(=O)C(CCCN1CCNCC1C(=O)NCC(F)(F)F)Cc1cccnc1. The normalized spacial score (nSPS) is 17.4. The Bertz CT molecular complexity index is 1270. The monoisotopic (exact) mass is 586 g/mol. The van der Waals surface area contributed by atoms with Crippen LogP contribution in [0, 0.1) is 5.92 Å². The summed E-state index contributed by atoms with van der Waals surface area (Å²) in [5.41, 5.74) is 2.61. The molecule has 12 heteroatoms. The maximum absolute atomic E-state index is 13.4. The van der Waals surface area contributed by atoms with Gasteiger partial charge in [-0.25, -0.2) is 0 Å².